The Bertz CT molecular complexity index is 794. The van der Waals surface area contributed by atoms with Gasteiger partial charge in [-0.15, -0.1) is 5.10 Å². The van der Waals surface area contributed by atoms with E-state index in [1.165, 1.54) is 11.8 Å². The summed E-state index contributed by atoms with van der Waals surface area (Å²) in [6.07, 6.45) is 1.61. The molecule has 1 N–H and O–H groups in total. The highest BCUT2D eigenvalue weighted by molar-refractivity contribution is 8.15. The summed E-state index contributed by atoms with van der Waals surface area (Å²) in [5.41, 5.74) is 2.64. The number of amidine groups is 1. The Balaban J connectivity index is 1.63. The summed E-state index contributed by atoms with van der Waals surface area (Å²) in [5.74, 6) is 1.82. The maximum atomic E-state index is 11.1. The summed E-state index contributed by atoms with van der Waals surface area (Å²) in [5, 5.41) is 15.0. The van der Waals surface area contributed by atoms with Gasteiger partial charge in [0.1, 0.15) is 18.1 Å². The Morgan fingerprint density at radius 1 is 1.46 bits per heavy atom. The fourth-order valence-corrected chi connectivity index (χ4v) is 2.71. The van der Waals surface area contributed by atoms with Gasteiger partial charge >= 0.3 is 0 Å². The average molecular weight is 344 g/mol. The molecule has 1 saturated heterocycles. The lowest BCUT2D eigenvalue weighted by Gasteiger charge is -2.06. The van der Waals surface area contributed by atoms with Crippen LogP contribution in [-0.4, -0.2) is 28.2 Å². The van der Waals surface area contributed by atoms with Gasteiger partial charge in [-0.25, -0.2) is 0 Å². The van der Waals surface area contributed by atoms with Gasteiger partial charge in [0, 0.05) is 0 Å². The van der Waals surface area contributed by atoms with Crippen molar-refractivity contribution in [1.82, 2.24) is 10.5 Å². The molecule has 0 unspecified atom stereocenters. The van der Waals surface area contributed by atoms with Crippen LogP contribution in [-0.2, 0) is 11.4 Å². The topological polar surface area (TPSA) is 89.1 Å². The van der Waals surface area contributed by atoms with E-state index in [0.29, 0.717) is 17.5 Å². The predicted octanol–water partition coefficient (Wildman–Crippen LogP) is 2.42. The summed E-state index contributed by atoms with van der Waals surface area (Å²) in [6, 6.07) is 7.51. The normalized spacial score (nSPS) is 16.1. The van der Waals surface area contributed by atoms with Gasteiger partial charge in [0.2, 0.25) is 5.91 Å². The van der Waals surface area contributed by atoms with Crippen LogP contribution in [0.5, 0.6) is 5.75 Å². The first kappa shape index (κ1) is 16.3. The van der Waals surface area contributed by atoms with Crippen LogP contribution in [0, 0.1) is 13.8 Å². The highest BCUT2D eigenvalue weighted by Crippen LogP contribution is 2.18. The summed E-state index contributed by atoms with van der Waals surface area (Å²) < 4.78 is 10.9. The number of carbonyl (C=O) groups is 1. The van der Waals surface area contributed by atoms with E-state index in [4.69, 9.17) is 9.26 Å². The van der Waals surface area contributed by atoms with E-state index in [-0.39, 0.29) is 5.91 Å². The number of ether oxygens (including phenoxy) is 1. The molecule has 0 spiro atoms. The van der Waals surface area contributed by atoms with E-state index >= 15 is 0 Å². The van der Waals surface area contributed by atoms with Gasteiger partial charge in [0.15, 0.2) is 5.17 Å². The minimum atomic E-state index is -0.0522. The smallest absolute Gasteiger partial charge is 0.236 e. The minimum absolute atomic E-state index is 0.0522. The highest BCUT2D eigenvalue weighted by atomic mass is 32.2. The van der Waals surface area contributed by atoms with Crippen LogP contribution in [0.4, 0.5) is 0 Å². The van der Waals surface area contributed by atoms with Gasteiger partial charge in [0.25, 0.3) is 0 Å². The summed E-state index contributed by atoms with van der Waals surface area (Å²) in [6.45, 7) is 4.14. The van der Waals surface area contributed by atoms with Crippen LogP contribution in [0.1, 0.15) is 22.6 Å². The zero-order valence-corrected chi connectivity index (χ0v) is 14.1. The van der Waals surface area contributed by atoms with Crippen LogP contribution in [0.25, 0.3) is 0 Å². The largest absolute Gasteiger partial charge is 0.489 e. The molecule has 7 nitrogen and oxygen atoms in total. The zero-order chi connectivity index (χ0) is 16.9. The number of nitrogens with one attached hydrogen (secondary N) is 1. The monoisotopic (exact) mass is 344 g/mol. The SMILES string of the molecule is Cc1noc(C)c1COc1cccc(C=NN=C2NC(=O)CS2)c1. The number of rotatable bonds is 5. The van der Waals surface area contributed by atoms with Crippen molar-refractivity contribution < 1.29 is 14.1 Å². The number of carbonyl (C=O) groups excluding carboxylic acids is 1. The molecule has 1 aliphatic rings. The van der Waals surface area contributed by atoms with Crippen LogP contribution in [0.15, 0.2) is 39.0 Å². The number of nitrogens with zero attached hydrogens (tertiary/aromatic N) is 3. The molecule has 124 valence electrons. The number of aryl methyl sites for hydroxylation is 2. The molecular formula is C16H16N4O3S. The fraction of sp³-hybridized carbons (Fsp3) is 0.250. The van der Waals surface area contributed by atoms with Crippen LogP contribution in [0.3, 0.4) is 0 Å². The van der Waals surface area contributed by atoms with Crippen LogP contribution in [0.2, 0.25) is 0 Å². The zero-order valence-electron chi connectivity index (χ0n) is 13.3. The second-order valence-corrected chi connectivity index (χ2v) is 6.11. The molecule has 1 amide bonds. The van der Waals surface area contributed by atoms with Crippen LogP contribution < -0.4 is 10.1 Å². The van der Waals surface area contributed by atoms with Crippen molar-refractivity contribution in [2.75, 3.05) is 5.75 Å². The lowest BCUT2D eigenvalue weighted by molar-refractivity contribution is -0.116. The molecule has 2 heterocycles. The van der Waals surface area contributed by atoms with E-state index in [0.717, 1.165) is 28.3 Å². The molecule has 0 aliphatic carbocycles. The maximum Gasteiger partial charge on any atom is 0.236 e. The van der Waals surface area contributed by atoms with E-state index in [2.05, 4.69) is 20.7 Å². The van der Waals surface area contributed by atoms with Crippen molar-refractivity contribution in [1.29, 1.82) is 0 Å². The molecule has 1 aromatic heterocycles. The molecule has 8 heteroatoms. The first-order chi connectivity index (χ1) is 11.6. The predicted molar refractivity (Wildman–Crippen MR) is 92.4 cm³/mol. The Kier molecular flexibility index (Phi) is 4.95. The van der Waals surface area contributed by atoms with E-state index in [9.17, 15) is 4.79 Å². The molecule has 0 saturated carbocycles. The average Bonchev–Trinajstić information content (AvgIpc) is 3.12. The first-order valence-corrected chi connectivity index (χ1v) is 8.28. The number of thioether (sulfide) groups is 1. The Morgan fingerprint density at radius 2 is 2.33 bits per heavy atom. The van der Waals surface area contributed by atoms with Gasteiger partial charge in [-0.3, -0.25) is 4.79 Å². The van der Waals surface area contributed by atoms with Crippen molar-refractivity contribution in [2.24, 2.45) is 10.2 Å². The summed E-state index contributed by atoms with van der Waals surface area (Å²) in [4.78, 5) is 11.1. The molecule has 2 aromatic rings. The first-order valence-electron chi connectivity index (χ1n) is 7.30. The Morgan fingerprint density at radius 3 is 3.04 bits per heavy atom. The number of hydrogen-bond donors (Lipinski definition) is 1. The standard InChI is InChI=1S/C16H16N4O3S/c1-10-14(11(2)23-20-10)8-22-13-5-3-4-12(6-13)7-17-19-16-18-15(21)9-24-16/h3-7H,8-9H2,1-2H3,(H,18,19,21). The van der Waals surface area contributed by atoms with Gasteiger partial charge in [-0.05, 0) is 31.5 Å². The van der Waals surface area contributed by atoms with Crippen molar-refractivity contribution in [3.8, 4) is 5.75 Å². The highest BCUT2D eigenvalue weighted by Gasteiger charge is 2.15. The summed E-state index contributed by atoms with van der Waals surface area (Å²) in [7, 11) is 0. The minimum Gasteiger partial charge on any atom is -0.489 e. The fourth-order valence-electron chi connectivity index (χ4n) is 2.08. The van der Waals surface area contributed by atoms with Crippen molar-refractivity contribution in [3.63, 3.8) is 0 Å². The quantitative estimate of drug-likeness (QED) is 0.665. The number of amides is 1. The maximum absolute atomic E-state index is 11.1. The van der Waals surface area contributed by atoms with E-state index < -0.39 is 0 Å². The Labute approximate surface area is 143 Å². The molecule has 1 aromatic carbocycles. The third-order valence-corrected chi connectivity index (χ3v) is 4.23. The molecule has 0 radical (unpaired) electrons. The van der Waals surface area contributed by atoms with E-state index in [1.807, 2.05) is 38.1 Å². The number of aromatic nitrogens is 1. The molecule has 0 bridgehead atoms. The molecule has 1 fully saturated rings. The van der Waals surface area contributed by atoms with Crippen molar-refractivity contribution in [2.45, 2.75) is 20.5 Å². The third kappa shape index (κ3) is 4.02. The van der Waals surface area contributed by atoms with Gasteiger partial charge < -0.3 is 14.6 Å². The summed E-state index contributed by atoms with van der Waals surface area (Å²) >= 11 is 1.33. The second-order valence-electron chi connectivity index (χ2n) is 5.15. The van der Waals surface area contributed by atoms with E-state index in [1.54, 1.807) is 6.21 Å². The van der Waals surface area contributed by atoms with Gasteiger partial charge in [0.05, 0.1) is 23.2 Å². The second kappa shape index (κ2) is 7.31. The number of benzene rings is 1. The molecule has 1 aliphatic heterocycles. The van der Waals surface area contributed by atoms with Crippen molar-refractivity contribution >= 4 is 29.1 Å². The Hall–Kier alpha value is -2.61. The van der Waals surface area contributed by atoms with Crippen LogP contribution >= 0.6 is 11.8 Å². The third-order valence-electron chi connectivity index (χ3n) is 3.36. The molecule has 24 heavy (non-hydrogen) atoms. The van der Waals surface area contributed by atoms with Gasteiger partial charge in [-0.2, -0.15) is 5.10 Å². The lowest BCUT2D eigenvalue weighted by Crippen LogP contribution is -2.19. The lowest BCUT2D eigenvalue weighted by atomic mass is 10.2. The molecule has 3 rings (SSSR count). The molecule has 0 atom stereocenters. The van der Waals surface area contributed by atoms with Gasteiger partial charge in [-0.1, -0.05) is 29.1 Å². The number of hydrogen-bond acceptors (Lipinski definition) is 7. The molecular weight excluding hydrogens is 328 g/mol. The van der Waals surface area contributed by atoms with Crippen molar-refractivity contribution in [3.05, 3.63) is 46.8 Å².